The number of carboxylic acid groups (broad SMARTS) is 1. The number of fused-ring (bicyclic) bond motifs is 2. The van der Waals surface area contributed by atoms with Gasteiger partial charge in [0.05, 0.1) is 6.10 Å². The molecule has 2 fully saturated rings. The fourth-order valence-corrected chi connectivity index (χ4v) is 2.67. The third-order valence-electron chi connectivity index (χ3n) is 3.15. The second kappa shape index (κ2) is 3.38. The quantitative estimate of drug-likeness (QED) is 0.617. The minimum absolute atomic E-state index is 0.236. The van der Waals surface area contributed by atoms with Gasteiger partial charge in [0.1, 0.15) is 6.17 Å². The Labute approximate surface area is 81.3 Å². The summed E-state index contributed by atoms with van der Waals surface area (Å²) in [6.45, 7) is 0. The summed E-state index contributed by atoms with van der Waals surface area (Å²) in [5.41, 5.74) is 0. The van der Waals surface area contributed by atoms with Gasteiger partial charge in [0.15, 0.2) is 0 Å². The van der Waals surface area contributed by atoms with Gasteiger partial charge >= 0.3 is 6.09 Å². The molecule has 4 nitrogen and oxygen atoms in total. The maximum atomic E-state index is 13.2. The summed E-state index contributed by atoms with van der Waals surface area (Å²) < 4.78 is 13.2. The van der Waals surface area contributed by atoms with Gasteiger partial charge in [-0.3, -0.25) is 0 Å². The molecule has 0 aromatic heterocycles. The van der Waals surface area contributed by atoms with Crippen molar-refractivity contribution in [3.05, 3.63) is 0 Å². The number of aliphatic hydroxyl groups is 1. The Morgan fingerprint density at radius 2 is 1.71 bits per heavy atom. The second-order valence-corrected chi connectivity index (χ2v) is 4.19. The summed E-state index contributed by atoms with van der Waals surface area (Å²) in [6.07, 6.45) is -1.13. The van der Waals surface area contributed by atoms with Gasteiger partial charge in [-0.15, -0.1) is 0 Å². The average molecular weight is 203 g/mol. The van der Waals surface area contributed by atoms with E-state index < -0.39 is 18.4 Å². The minimum atomic E-state index is -0.987. The van der Waals surface area contributed by atoms with Crippen molar-refractivity contribution in [3.63, 3.8) is 0 Å². The van der Waals surface area contributed by atoms with Crippen LogP contribution in [0.4, 0.5) is 9.18 Å². The van der Waals surface area contributed by atoms with Crippen LogP contribution in [0.2, 0.25) is 0 Å². The van der Waals surface area contributed by atoms with Gasteiger partial charge in [0, 0.05) is 12.1 Å². The van der Waals surface area contributed by atoms with Gasteiger partial charge in [-0.2, -0.15) is 0 Å². The summed E-state index contributed by atoms with van der Waals surface area (Å²) in [5, 5.41) is 18.4. The van der Waals surface area contributed by atoms with Gasteiger partial charge in [-0.25, -0.2) is 9.18 Å². The Bertz CT molecular complexity index is 218. The maximum absolute atomic E-state index is 13.2. The van der Waals surface area contributed by atoms with Crippen molar-refractivity contribution in [2.45, 2.75) is 50.0 Å². The zero-order chi connectivity index (χ0) is 10.3. The Morgan fingerprint density at radius 1 is 1.21 bits per heavy atom. The largest absolute Gasteiger partial charge is 0.465 e. The van der Waals surface area contributed by atoms with E-state index >= 15 is 0 Å². The number of piperidine rings is 2. The highest BCUT2D eigenvalue weighted by atomic mass is 19.1. The molecule has 2 bridgehead atoms. The number of halogens is 1. The van der Waals surface area contributed by atoms with Gasteiger partial charge < -0.3 is 15.1 Å². The second-order valence-electron chi connectivity index (χ2n) is 4.19. The minimum Gasteiger partial charge on any atom is -0.465 e. The molecule has 14 heavy (non-hydrogen) atoms. The summed E-state index contributed by atoms with van der Waals surface area (Å²) in [6, 6.07) is -0.657. The lowest BCUT2D eigenvalue weighted by Crippen LogP contribution is -2.57. The molecule has 2 rings (SSSR count). The molecule has 0 spiro atoms. The summed E-state index contributed by atoms with van der Waals surface area (Å²) in [5.74, 6) is 0. The Hall–Kier alpha value is -0.840. The molecule has 0 aromatic carbocycles. The number of carbonyl (C=O) groups is 1. The molecule has 2 aliphatic heterocycles. The fraction of sp³-hybridized carbons (Fsp3) is 0.889. The van der Waals surface area contributed by atoms with E-state index in [1.165, 1.54) is 4.90 Å². The number of rotatable bonds is 0. The molecule has 0 aromatic rings. The third-order valence-corrected chi connectivity index (χ3v) is 3.15. The molecule has 2 saturated heterocycles. The van der Waals surface area contributed by atoms with Crippen LogP contribution in [-0.2, 0) is 0 Å². The first-order valence-electron chi connectivity index (χ1n) is 4.91. The zero-order valence-electron chi connectivity index (χ0n) is 7.77. The fourth-order valence-electron chi connectivity index (χ4n) is 2.67. The monoisotopic (exact) mass is 203 g/mol. The van der Waals surface area contributed by atoms with E-state index in [9.17, 15) is 14.3 Å². The Morgan fingerprint density at radius 3 is 2.14 bits per heavy atom. The number of hydrogen-bond donors (Lipinski definition) is 2. The summed E-state index contributed by atoms with van der Waals surface area (Å²) in [4.78, 5) is 12.2. The number of alkyl halides is 1. The lowest BCUT2D eigenvalue weighted by molar-refractivity contribution is -0.0359. The predicted molar refractivity (Wildman–Crippen MR) is 46.8 cm³/mol. The van der Waals surface area contributed by atoms with E-state index in [-0.39, 0.29) is 24.9 Å². The van der Waals surface area contributed by atoms with Crippen LogP contribution in [0.5, 0.6) is 0 Å². The first kappa shape index (κ1) is 9.71. The zero-order valence-corrected chi connectivity index (χ0v) is 7.77. The summed E-state index contributed by atoms with van der Waals surface area (Å²) >= 11 is 0. The number of amides is 1. The predicted octanol–water partition coefficient (Wildman–Crippen LogP) is 0.990. The molecular weight excluding hydrogens is 189 g/mol. The van der Waals surface area contributed by atoms with Gasteiger partial charge in [0.25, 0.3) is 0 Å². The summed E-state index contributed by atoms with van der Waals surface area (Å²) in [7, 11) is 0. The SMILES string of the molecule is O=C(O)N1C2CC(O)CC1CC(F)C2. The van der Waals surface area contributed by atoms with Crippen LogP contribution in [0.3, 0.4) is 0 Å². The van der Waals surface area contributed by atoms with E-state index in [0.29, 0.717) is 12.8 Å². The number of nitrogens with zero attached hydrogens (tertiary/aromatic N) is 1. The topological polar surface area (TPSA) is 60.8 Å². The number of aliphatic hydroxyl groups excluding tert-OH is 1. The smallest absolute Gasteiger partial charge is 0.407 e. The number of hydrogen-bond acceptors (Lipinski definition) is 2. The highest BCUT2D eigenvalue weighted by molar-refractivity contribution is 5.66. The van der Waals surface area contributed by atoms with Crippen molar-refractivity contribution in [3.8, 4) is 0 Å². The van der Waals surface area contributed by atoms with E-state index in [1.54, 1.807) is 0 Å². The molecule has 1 amide bonds. The maximum Gasteiger partial charge on any atom is 0.407 e. The first-order valence-corrected chi connectivity index (χ1v) is 4.91. The average Bonchev–Trinajstić information content (AvgIpc) is 1.99. The standard InChI is InChI=1S/C9H14FNO3/c10-5-1-6-3-8(12)4-7(2-5)11(6)9(13)14/h5-8,12H,1-4H2,(H,13,14). The van der Waals surface area contributed by atoms with Crippen molar-refractivity contribution in [2.75, 3.05) is 0 Å². The molecule has 0 radical (unpaired) electrons. The van der Waals surface area contributed by atoms with Crippen LogP contribution in [-0.4, -0.2) is 45.6 Å². The lowest BCUT2D eigenvalue weighted by Gasteiger charge is -2.47. The van der Waals surface area contributed by atoms with Crippen molar-refractivity contribution in [1.82, 2.24) is 4.90 Å². The van der Waals surface area contributed by atoms with Gasteiger partial charge in [-0.05, 0) is 25.7 Å². The molecular formula is C9H14FNO3. The van der Waals surface area contributed by atoms with Crippen LogP contribution >= 0.6 is 0 Å². The van der Waals surface area contributed by atoms with Crippen LogP contribution in [0.1, 0.15) is 25.7 Å². The van der Waals surface area contributed by atoms with E-state index in [0.717, 1.165) is 0 Å². The first-order chi connectivity index (χ1) is 6.58. The molecule has 2 aliphatic rings. The van der Waals surface area contributed by atoms with Crippen molar-refractivity contribution < 1.29 is 19.4 Å². The van der Waals surface area contributed by atoms with Crippen LogP contribution in [0.15, 0.2) is 0 Å². The van der Waals surface area contributed by atoms with E-state index in [2.05, 4.69) is 0 Å². The van der Waals surface area contributed by atoms with Crippen LogP contribution in [0.25, 0.3) is 0 Å². The molecule has 2 unspecified atom stereocenters. The molecule has 2 atom stereocenters. The van der Waals surface area contributed by atoms with E-state index in [4.69, 9.17) is 5.11 Å². The molecule has 2 N–H and O–H groups in total. The van der Waals surface area contributed by atoms with Crippen molar-refractivity contribution in [2.24, 2.45) is 0 Å². The molecule has 0 saturated carbocycles. The third kappa shape index (κ3) is 1.56. The normalized spacial score (nSPS) is 42.3. The van der Waals surface area contributed by atoms with Crippen molar-refractivity contribution >= 4 is 6.09 Å². The van der Waals surface area contributed by atoms with Crippen LogP contribution < -0.4 is 0 Å². The molecule has 2 heterocycles. The molecule has 0 aliphatic carbocycles. The van der Waals surface area contributed by atoms with Gasteiger partial charge in [-0.1, -0.05) is 0 Å². The highest BCUT2D eigenvalue weighted by Gasteiger charge is 2.43. The van der Waals surface area contributed by atoms with Crippen molar-refractivity contribution in [1.29, 1.82) is 0 Å². The van der Waals surface area contributed by atoms with E-state index in [1.807, 2.05) is 0 Å². The highest BCUT2D eigenvalue weighted by Crippen LogP contribution is 2.35. The molecule has 5 heteroatoms. The Kier molecular flexibility index (Phi) is 2.34. The van der Waals surface area contributed by atoms with Gasteiger partial charge in [0.2, 0.25) is 0 Å². The Balaban J connectivity index is 2.17. The molecule has 80 valence electrons. The lowest BCUT2D eigenvalue weighted by atomic mass is 9.82. The van der Waals surface area contributed by atoms with Crippen LogP contribution in [0, 0.1) is 0 Å².